The molecule has 0 aliphatic rings. The Bertz CT molecular complexity index is 205. The summed E-state index contributed by atoms with van der Waals surface area (Å²) < 4.78 is 0. The van der Waals surface area contributed by atoms with Crippen molar-refractivity contribution in [3.05, 3.63) is 17.8 Å². The van der Waals surface area contributed by atoms with E-state index >= 15 is 0 Å². The van der Waals surface area contributed by atoms with Crippen molar-refractivity contribution in [2.75, 3.05) is 5.75 Å². The first-order chi connectivity index (χ1) is 5.33. The molecule has 1 rings (SSSR count). The normalized spacial score (nSPS) is 10.4. The van der Waals surface area contributed by atoms with Gasteiger partial charge in [0.15, 0.2) is 0 Å². The van der Waals surface area contributed by atoms with Crippen LogP contribution >= 0.6 is 11.8 Å². The number of H-pyrrole nitrogens is 1. The first kappa shape index (κ1) is 8.72. The number of thioether (sulfide) groups is 1. The topological polar surface area (TPSA) is 15.8 Å². The molecule has 1 aromatic rings. The molecule has 0 radical (unpaired) electrons. The van der Waals surface area contributed by atoms with Crippen molar-refractivity contribution in [1.82, 2.24) is 4.98 Å². The Morgan fingerprint density at radius 2 is 2.36 bits per heavy atom. The monoisotopic (exact) mass is 169 g/mol. The Morgan fingerprint density at radius 1 is 1.55 bits per heavy atom. The minimum absolute atomic E-state index is 1.23. The Labute approximate surface area is 72.6 Å². The van der Waals surface area contributed by atoms with Crippen LogP contribution in [0.25, 0.3) is 0 Å². The second-order valence-electron chi connectivity index (χ2n) is 2.74. The van der Waals surface area contributed by atoms with Gasteiger partial charge in [-0.05, 0) is 30.7 Å². The van der Waals surface area contributed by atoms with Crippen LogP contribution in [0.1, 0.15) is 25.3 Å². The summed E-state index contributed by atoms with van der Waals surface area (Å²) >= 11 is 1.91. The van der Waals surface area contributed by atoms with E-state index in [2.05, 4.69) is 24.9 Å². The van der Waals surface area contributed by atoms with Gasteiger partial charge in [-0.1, -0.05) is 13.3 Å². The van der Waals surface area contributed by atoms with Crippen molar-refractivity contribution in [3.8, 4) is 0 Å². The Kier molecular flexibility index (Phi) is 3.57. The van der Waals surface area contributed by atoms with Crippen molar-refractivity contribution in [2.45, 2.75) is 31.7 Å². The van der Waals surface area contributed by atoms with Gasteiger partial charge in [0, 0.05) is 6.20 Å². The van der Waals surface area contributed by atoms with E-state index < -0.39 is 0 Å². The summed E-state index contributed by atoms with van der Waals surface area (Å²) in [6, 6.07) is 2.19. The van der Waals surface area contributed by atoms with Gasteiger partial charge in [0.05, 0.1) is 5.03 Å². The molecule has 2 heteroatoms. The molecule has 1 N–H and O–H groups in total. The SMILES string of the molecule is CCCCSc1cc(C)c[nH]1. The smallest absolute Gasteiger partial charge is 0.0724 e. The van der Waals surface area contributed by atoms with Crippen molar-refractivity contribution in [2.24, 2.45) is 0 Å². The van der Waals surface area contributed by atoms with Crippen molar-refractivity contribution in [3.63, 3.8) is 0 Å². The lowest BCUT2D eigenvalue weighted by molar-refractivity contribution is 0.895. The van der Waals surface area contributed by atoms with Gasteiger partial charge in [0.1, 0.15) is 0 Å². The highest BCUT2D eigenvalue weighted by Gasteiger charge is 1.94. The Hall–Kier alpha value is -0.370. The Balaban J connectivity index is 2.27. The predicted octanol–water partition coefficient (Wildman–Crippen LogP) is 3.22. The molecule has 1 nitrogen and oxygen atoms in total. The van der Waals surface area contributed by atoms with Crippen LogP contribution in [0.3, 0.4) is 0 Å². The third kappa shape index (κ3) is 3.02. The summed E-state index contributed by atoms with van der Waals surface area (Å²) in [6.07, 6.45) is 4.64. The maximum absolute atomic E-state index is 3.23. The summed E-state index contributed by atoms with van der Waals surface area (Å²) in [4.78, 5) is 3.23. The summed E-state index contributed by atoms with van der Waals surface area (Å²) in [7, 11) is 0. The molecule has 0 aliphatic carbocycles. The molecular weight excluding hydrogens is 154 g/mol. The van der Waals surface area contributed by atoms with E-state index in [9.17, 15) is 0 Å². The van der Waals surface area contributed by atoms with E-state index in [4.69, 9.17) is 0 Å². The fraction of sp³-hybridized carbons (Fsp3) is 0.556. The fourth-order valence-corrected chi connectivity index (χ4v) is 1.95. The standard InChI is InChI=1S/C9H15NS/c1-3-4-5-11-9-6-8(2)7-10-9/h6-7,10H,3-5H2,1-2H3. The van der Waals surface area contributed by atoms with Gasteiger partial charge in [-0.15, -0.1) is 11.8 Å². The molecule has 1 aromatic heterocycles. The molecule has 0 bridgehead atoms. The molecule has 0 saturated carbocycles. The fourth-order valence-electron chi connectivity index (χ4n) is 0.885. The largest absolute Gasteiger partial charge is 0.356 e. The second-order valence-corrected chi connectivity index (χ2v) is 3.88. The van der Waals surface area contributed by atoms with Crippen LogP contribution in [-0.4, -0.2) is 10.7 Å². The van der Waals surface area contributed by atoms with Gasteiger partial charge in [0.25, 0.3) is 0 Å². The molecule has 0 aromatic carbocycles. The molecule has 11 heavy (non-hydrogen) atoms. The number of rotatable bonds is 4. The van der Waals surface area contributed by atoms with E-state index in [0.29, 0.717) is 0 Å². The Morgan fingerprint density at radius 3 is 2.91 bits per heavy atom. The molecule has 0 spiro atoms. The molecule has 62 valence electrons. The van der Waals surface area contributed by atoms with Gasteiger partial charge >= 0.3 is 0 Å². The maximum Gasteiger partial charge on any atom is 0.0724 e. The average Bonchev–Trinajstić information content (AvgIpc) is 2.37. The molecule has 0 unspecified atom stereocenters. The molecule has 0 aliphatic heterocycles. The van der Waals surface area contributed by atoms with Crippen LogP contribution in [0.5, 0.6) is 0 Å². The highest BCUT2D eigenvalue weighted by molar-refractivity contribution is 7.99. The number of hydrogen-bond acceptors (Lipinski definition) is 1. The minimum Gasteiger partial charge on any atom is -0.356 e. The lowest BCUT2D eigenvalue weighted by atomic mass is 10.4. The van der Waals surface area contributed by atoms with E-state index in [0.717, 1.165) is 0 Å². The molecule has 0 saturated heterocycles. The van der Waals surface area contributed by atoms with Gasteiger partial charge < -0.3 is 4.98 Å². The van der Waals surface area contributed by atoms with Gasteiger partial charge in [-0.25, -0.2) is 0 Å². The third-order valence-electron chi connectivity index (χ3n) is 1.56. The minimum atomic E-state index is 1.23. The molecule has 0 atom stereocenters. The summed E-state index contributed by atoms with van der Waals surface area (Å²) in [5.41, 5.74) is 1.32. The highest BCUT2D eigenvalue weighted by atomic mass is 32.2. The summed E-state index contributed by atoms with van der Waals surface area (Å²) in [5, 5.41) is 1.30. The first-order valence-electron chi connectivity index (χ1n) is 4.10. The van der Waals surface area contributed by atoms with Crippen LogP contribution in [0.4, 0.5) is 0 Å². The van der Waals surface area contributed by atoms with Crippen LogP contribution in [0, 0.1) is 6.92 Å². The van der Waals surface area contributed by atoms with Crippen LogP contribution in [0.15, 0.2) is 17.3 Å². The van der Waals surface area contributed by atoms with E-state index in [1.54, 1.807) is 0 Å². The van der Waals surface area contributed by atoms with Crippen molar-refractivity contribution >= 4 is 11.8 Å². The van der Waals surface area contributed by atoms with Gasteiger partial charge in [0.2, 0.25) is 0 Å². The molecular formula is C9H15NS. The third-order valence-corrected chi connectivity index (χ3v) is 2.60. The number of aromatic nitrogens is 1. The lowest BCUT2D eigenvalue weighted by Crippen LogP contribution is -1.76. The summed E-state index contributed by atoms with van der Waals surface area (Å²) in [5.74, 6) is 1.23. The maximum atomic E-state index is 3.23. The number of aromatic amines is 1. The zero-order chi connectivity index (χ0) is 8.10. The second kappa shape index (κ2) is 4.50. The van der Waals surface area contributed by atoms with Gasteiger partial charge in [-0.2, -0.15) is 0 Å². The van der Waals surface area contributed by atoms with Gasteiger partial charge in [-0.3, -0.25) is 0 Å². The van der Waals surface area contributed by atoms with Crippen LogP contribution in [-0.2, 0) is 0 Å². The number of hydrogen-bond donors (Lipinski definition) is 1. The van der Waals surface area contributed by atoms with E-state index in [1.165, 1.54) is 29.2 Å². The number of nitrogens with one attached hydrogen (secondary N) is 1. The average molecular weight is 169 g/mol. The van der Waals surface area contributed by atoms with E-state index in [-0.39, 0.29) is 0 Å². The van der Waals surface area contributed by atoms with Crippen LogP contribution < -0.4 is 0 Å². The van der Waals surface area contributed by atoms with Crippen molar-refractivity contribution < 1.29 is 0 Å². The highest BCUT2D eigenvalue weighted by Crippen LogP contribution is 2.18. The molecule has 0 amide bonds. The molecule has 0 fully saturated rings. The lowest BCUT2D eigenvalue weighted by Gasteiger charge is -1.94. The predicted molar refractivity (Wildman–Crippen MR) is 51.2 cm³/mol. The quantitative estimate of drug-likeness (QED) is 0.540. The first-order valence-corrected chi connectivity index (χ1v) is 5.09. The number of aryl methyl sites for hydroxylation is 1. The molecule has 1 heterocycles. The zero-order valence-electron chi connectivity index (χ0n) is 7.18. The zero-order valence-corrected chi connectivity index (χ0v) is 8.00. The van der Waals surface area contributed by atoms with E-state index in [1.807, 2.05) is 18.0 Å². The summed E-state index contributed by atoms with van der Waals surface area (Å²) in [6.45, 7) is 4.33. The number of unbranched alkanes of at least 4 members (excludes halogenated alkanes) is 1. The van der Waals surface area contributed by atoms with Crippen molar-refractivity contribution in [1.29, 1.82) is 0 Å². The van der Waals surface area contributed by atoms with Crippen LogP contribution in [0.2, 0.25) is 0 Å².